The second-order valence-corrected chi connectivity index (χ2v) is 4.08. The summed E-state index contributed by atoms with van der Waals surface area (Å²) in [5.74, 6) is -0.894. The number of rotatable bonds is 3. The van der Waals surface area contributed by atoms with Crippen LogP contribution in [0.5, 0.6) is 0 Å². The van der Waals surface area contributed by atoms with Crippen molar-refractivity contribution in [1.29, 1.82) is 0 Å². The third-order valence-electron chi connectivity index (χ3n) is 2.78. The summed E-state index contributed by atoms with van der Waals surface area (Å²) < 4.78 is 4.67. The van der Waals surface area contributed by atoms with Gasteiger partial charge < -0.3 is 15.8 Å². The summed E-state index contributed by atoms with van der Waals surface area (Å²) in [5.41, 5.74) is 7.08. The first-order valence-electron chi connectivity index (χ1n) is 5.96. The molecule has 0 atom stereocenters. The molecule has 0 heterocycles. The molecule has 2 aromatic carbocycles. The summed E-state index contributed by atoms with van der Waals surface area (Å²) in [7, 11) is 1.27. The molecule has 0 fully saturated rings. The summed E-state index contributed by atoms with van der Waals surface area (Å²) >= 11 is 0. The van der Waals surface area contributed by atoms with Crippen LogP contribution in [0.4, 0.5) is 11.4 Å². The van der Waals surface area contributed by atoms with Crippen LogP contribution in [-0.4, -0.2) is 19.0 Å². The molecule has 0 spiro atoms. The minimum atomic E-state index is -0.555. The molecule has 0 saturated heterocycles. The molecule has 102 valence electrons. The van der Waals surface area contributed by atoms with Gasteiger partial charge in [0.25, 0.3) is 5.91 Å². The number of carbonyl (C=O) groups is 2. The van der Waals surface area contributed by atoms with E-state index in [1.54, 1.807) is 42.5 Å². The van der Waals surface area contributed by atoms with E-state index < -0.39 is 5.97 Å². The molecule has 5 heteroatoms. The van der Waals surface area contributed by atoms with Crippen LogP contribution in [0.15, 0.2) is 48.5 Å². The summed E-state index contributed by atoms with van der Waals surface area (Å²) in [6.07, 6.45) is 0. The van der Waals surface area contributed by atoms with Gasteiger partial charge in [-0.1, -0.05) is 24.3 Å². The number of hydrogen-bond acceptors (Lipinski definition) is 4. The fourth-order valence-corrected chi connectivity index (χ4v) is 1.76. The highest BCUT2D eigenvalue weighted by molar-refractivity contribution is 6.10. The Balaban J connectivity index is 2.34. The van der Waals surface area contributed by atoms with Gasteiger partial charge in [0.2, 0.25) is 0 Å². The van der Waals surface area contributed by atoms with E-state index in [1.165, 1.54) is 7.11 Å². The Morgan fingerprint density at radius 2 is 1.75 bits per heavy atom. The van der Waals surface area contributed by atoms with E-state index in [4.69, 9.17) is 5.73 Å². The van der Waals surface area contributed by atoms with Gasteiger partial charge in [0.15, 0.2) is 0 Å². The number of ether oxygens (including phenoxy) is 1. The lowest BCUT2D eigenvalue weighted by molar-refractivity contribution is 0.0602. The van der Waals surface area contributed by atoms with Crippen molar-refractivity contribution in [2.24, 2.45) is 0 Å². The van der Waals surface area contributed by atoms with Crippen LogP contribution in [0.3, 0.4) is 0 Å². The molecule has 0 aliphatic heterocycles. The van der Waals surface area contributed by atoms with Crippen LogP contribution < -0.4 is 11.1 Å². The van der Waals surface area contributed by atoms with Crippen LogP contribution in [0.25, 0.3) is 0 Å². The maximum Gasteiger partial charge on any atom is 0.340 e. The maximum atomic E-state index is 12.1. The van der Waals surface area contributed by atoms with E-state index in [9.17, 15) is 9.59 Å². The van der Waals surface area contributed by atoms with Crippen molar-refractivity contribution in [2.45, 2.75) is 0 Å². The van der Waals surface area contributed by atoms with E-state index in [0.29, 0.717) is 11.3 Å². The average Bonchev–Trinajstić information content (AvgIpc) is 2.49. The molecule has 0 aliphatic carbocycles. The largest absolute Gasteiger partial charge is 0.465 e. The third-order valence-corrected chi connectivity index (χ3v) is 2.78. The number of nitrogen functional groups attached to an aromatic ring is 1. The van der Waals surface area contributed by atoms with Crippen molar-refractivity contribution < 1.29 is 14.3 Å². The number of nitrogens with two attached hydrogens (primary N) is 1. The Bertz CT molecular complexity index is 639. The molecule has 0 aliphatic rings. The minimum Gasteiger partial charge on any atom is -0.465 e. The van der Waals surface area contributed by atoms with Crippen molar-refractivity contribution in [3.05, 3.63) is 59.7 Å². The van der Waals surface area contributed by atoms with Crippen molar-refractivity contribution in [2.75, 3.05) is 18.2 Å². The molecule has 3 N–H and O–H groups in total. The van der Waals surface area contributed by atoms with Gasteiger partial charge in [-0.15, -0.1) is 0 Å². The van der Waals surface area contributed by atoms with Crippen LogP contribution in [0, 0.1) is 0 Å². The summed E-state index contributed by atoms with van der Waals surface area (Å²) in [5, 5.41) is 2.65. The lowest BCUT2D eigenvalue weighted by atomic mass is 10.1. The highest BCUT2D eigenvalue weighted by Gasteiger charge is 2.16. The van der Waals surface area contributed by atoms with Crippen LogP contribution in [-0.2, 0) is 4.74 Å². The molecule has 2 rings (SSSR count). The first kappa shape index (κ1) is 13.6. The summed E-state index contributed by atoms with van der Waals surface area (Å²) in [6.45, 7) is 0. The fraction of sp³-hybridized carbons (Fsp3) is 0.0667. The smallest absolute Gasteiger partial charge is 0.340 e. The van der Waals surface area contributed by atoms with Crippen LogP contribution in [0.1, 0.15) is 20.7 Å². The quantitative estimate of drug-likeness (QED) is 0.662. The molecule has 1 amide bonds. The van der Waals surface area contributed by atoms with Crippen molar-refractivity contribution in [3.8, 4) is 0 Å². The van der Waals surface area contributed by atoms with E-state index in [0.717, 1.165) is 0 Å². The number of anilines is 2. The number of carbonyl (C=O) groups excluding carboxylic acids is 2. The van der Waals surface area contributed by atoms with E-state index in [-0.39, 0.29) is 17.2 Å². The van der Waals surface area contributed by atoms with E-state index >= 15 is 0 Å². The highest BCUT2D eigenvalue weighted by atomic mass is 16.5. The first-order chi connectivity index (χ1) is 9.63. The lowest BCUT2D eigenvalue weighted by Crippen LogP contribution is -2.16. The summed E-state index contributed by atoms with van der Waals surface area (Å²) in [6, 6.07) is 13.4. The Kier molecular flexibility index (Phi) is 4.00. The second kappa shape index (κ2) is 5.88. The average molecular weight is 270 g/mol. The zero-order valence-corrected chi connectivity index (χ0v) is 10.9. The number of hydrogen-bond donors (Lipinski definition) is 2. The minimum absolute atomic E-state index is 0.219. The number of methoxy groups -OCH3 is 1. The van der Waals surface area contributed by atoms with Gasteiger partial charge in [-0.2, -0.15) is 0 Å². The maximum absolute atomic E-state index is 12.1. The van der Waals surface area contributed by atoms with Gasteiger partial charge in [-0.3, -0.25) is 4.79 Å². The zero-order valence-electron chi connectivity index (χ0n) is 10.9. The van der Waals surface area contributed by atoms with Gasteiger partial charge in [0.1, 0.15) is 0 Å². The Morgan fingerprint density at radius 1 is 1.05 bits per heavy atom. The zero-order chi connectivity index (χ0) is 14.5. The molecule has 2 aromatic rings. The van der Waals surface area contributed by atoms with Crippen LogP contribution in [0.2, 0.25) is 0 Å². The molecule has 20 heavy (non-hydrogen) atoms. The van der Waals surface area contributed by atoms with Gasteiger partial charge in [-0.25, -0.2) is 4.79 Å². The Morgan fingerprint density at radius 3 is 2.40 bits per heavy atom. The first-order valence-corrected chi connectivity index (χ1v) is 5.96. The Hall–Kier alpha value is -2.82. The van der Waals surface area contributed by atoms with Gasteiger partial charge in [0.05, 0.1) is 24.0 Å². The predicted octanol–water partition coefficient (Wildman–Crippen LogP) is 2.31. The molecule has 0 bridgehead atoms. The SMILES string of the molecule is COC(=O)c1cccc(N)c1NC(=O)c1ccccc1. The van der Waals surface area contributed by atoms with Gasteiger partial charge in [0, 0.05) is 5.56 Å². The van der Waals surface area contributed by atoms with Crippen molar-refractivity contribution in [1.82, 2.24) is 0 Å². The number of para-hydroxylation sites is 1. The number of benzene rings is 2. The monoisotopic (exact) mass is 270 g/mol. The second-order valence-electron chi connectivity index (χ2n) is 4.08. The molecule has 0 aromatic heterocycles. The number of esters is 1. The molecule has 0 radical (unpaired) electrons. The Labute approximate surface area is 116 Å². The molecule has 5 nitrogen and oxygen atoms in total. The standard InChI is InChI=1S/C15H14N2O3/c1-20-15(19)11-8-5-9-12(16)13(11)17-14(18)10-6-3-2-4-7-10/h2-9H,16H2,1H3,(H,17,18). The lowest BCUT2D eigenvalue weighted by Gasteiger charge is -2.12. The normalized spacial score (nSPS) is 9.85. The van der Waals surface area contributed by atoms with Crippen molar-refractivity contribution in [3.63, 3.8) is 0 Å². The fourth-order valence-electron chi connectivity index (χ4n) is 1.76. The van der Waals surface area contributed by atoms with E-state index in [1.807, 2.05) is 6.07 Å². The predicted molar refractivity (Wildman–Crippen MR) is 76.6 cm³/mol. The highest BCUT2D eigenvalue weighted by Crippen LogP contribution is 2.24. The number of amides is 1. The topological polar surface area (TPSA) is 81.4 Å². The third kappa shape index (κ3) is 2.77. The molecule has 0 unspecified atom stereocenters. The van der Waals surface area contributed by atoms with Crippen LogP contribution >= 0.6 is 0 Å². The van der Waals surface area contributed by atoms with Gasteiger partial charge >= 0.3 is 5.97 Å². The molecule has 0 saturated carbocycles. The van der Waals surface area contributed by atoms with Crippen molar-refractivity contribution >= 4 is 23.3 Å². The molecular weight excluding hydrogens is 256 g/mol. The van der Waals surface area contributed by atoms with Gasteiger partial charge in [-0.05, 0) is 24.3 Å². The molecular formula is C15H14N2O3. The summed E-state index contributed by atoms with van der Waals surface area (Å²) in [4.78, 5) is 23.8. The van der Waals surface area contributed by atoms with E-state index in [2.05, 4.69) is 10.1 Å². The number of nitrogens with one attached hydrogen (secondary N) is 1.